The second-order valence-corrected chi connectivity index (χ2v) is 6.63. The fraction of sp³-hybridized carbons (Fsp3) is 0.150. The average molecular weight is 380 g/mol. The Hall–Kier alpha value is -3.12. The van der Waals surface area contributed by atoms with Crippen LogP contribution in [0.25, 0.3) is 17.2 Å². The minimum atomic E-state index is 0.529. The zero-order chi connectivity index (χ0) is 19.0. The molecule has 2 heterocycles. The van der Waals surface area contributed by atoms with Crippen LogP contribution in [0.3, 0.4) is 0 Å². The molecule has 0 aliphatic carbocycles. The lowest BCUT2D eigenvalue weighted by atomic mass is 10.2. The van der Waals surface area contributed by atoms with E-state index in [9.17, 15) is 0 Å². The van der Waals surface area contributed by atoms with Crippen LogP contribution in [0.4, 0.5) is 11.5 Å². The molecule has 0 amide bonds. The van der Waals surface area contributed by atoms with Crippen molar-refractivity contribution in [3.8, 4) is 17.1 Å². The molecule has 4 rings (SSSR count). The van der Waals surface area contributed by atoms with Gasteiger partial charge in [0.25, 0.3) is 5.78 Å². The number of aromatic nitrogens is 4. The summed E-state index contributed by atoms with van der Waals surface area (Å²) in [7, 11) is 1.61. The Labute approximate surface area is 161 Å². The van der Waals surface area contributed by atoms with Crippen molar-refractivity contribution in [3.05, 3.63) is 64.8 Å². The van der Waals surface area contributed by atoms with E-state index < -0.39 is 0 Å². The number of hydrogen-bond donors (Lipinski definition) is 1. The summed E-state index contributed by atoms with van der Waals surface area (Å²) in [5.41, 5.74) is 3.52. The Kier molecular flexibility index (Phi) is 4.41. The van der Waals surface area contributed by atoms with Crippen molar-refractivity contribution in [2.24, 2.45) is 0 Å². The number of rotatable bonds is 4. The fourth-order valence-corrected chi connectivity index (χ4v) is 3.01. The van der Waals surface area contributed by atoms with E-state index in [2.05, 4.69) is 20.4 Å². The molecular formula is C20H18ClN5O. The predicted molar refractivity (Wildman–Crippen MR) is 107 cm³/mol. The van der Waals surface area contributed by atoms with Gasteiger partial charge in [-0.05, 0) is 25.5 Å². The van der Waals surface area contributed by atoms with Crippen molar-refractivity contribution in [1.29, 1.82) is 0 Å². The maximum Gasteiger partial charge on any atom is 0.254 e. The first kappa shape index (κ1) is 17.3. The van der Waals surface area contributed by atoms with Gasteiger partial charge in [0.05, 0.1) is 12.8 Å². The summed E-state index contributed by atoms with van der Waals surface area (Å²) in [6.45, 7) is 3.87. The molecule has 0 aliphatic rings. The highest BCUT2D eigenvalue weighted by atomic mass is 35.5. The van der Waals surface area contributed by atoms with E-state index in [4.69, 9.17) is 16.3 Å². The van der Waals surface area contributed by atoms with Crippen molar-refractivity contribution < 1.29 is 4.74 Å². The number of ether oxygens (including phenoxy) is 1. The highest BCUT2D eigenvalue weighted by Gasteiger charge is 2.14. The van der Waals surface area contributed by atoms with Crippen molar-refractivity contribution in [1.82, 2.24) is 19.6 Å². The van der Waals surface area contributed by atoms with Crippen molar-refractivity contribution in [2.75, 3.05) is 12.4 Å². The number of fused-ring (bicyclic) bond motifs is 1. The highest BCUT2D eigenvalue weighted by Crippen LogP contribution is 2.33. The van der Waals surface area contributed by atoms with Gasteiger partial charge in [-0.3, -0.25) is 0 Å². The summed E-state index contributed by atoms with van der Waals surface area (Å²) in [5, 5.41) is 8.66. The van der Waals surface area contributed by atoms with E-state index >= 15 is 0 Å². The number of benzene rings is 2. The maximum atomic E-state index is 6.21. The van der Waals surface area contributed by atoms with E-state index in [1.807, 2.05) is 56.3 Å². The van der Waals surface area contributed by atoms with Gasteiger partial charge in [-0.1, -0.05) is 41.9 Å². The first-order chi connectivity index (χ1) is 13.0. The Morgan fingerprint density at radius 2 is 1.81 bits per heavy atom. The summed E-state index contributed by atoms with van der Waals surface area (Å²) >= 11 is 6.21. The molecule has 0 unspecified atom stereocenters. The van der Waals surface area contributed by atoms with Gasteiger partial charge >= 0.3 is 0 Å². The normalized spacial score (nSPS) is 11.0. The molecule has 2 aromatic carbocycles. The van der Waals surface area contributed by atoms with Crippen LogP contribution >= 0.6 is 11.6 Å². The second-order valence-electron chi connectivity index (χ2n) is 6.22. The van der Waals surface area contributed by atoms with Crippen LogP contribution in [-0.4, -0.2) is 26.7 Å². The van der Waals surface area contributed by atoms with Crippen LogP contribution in [0.15, 0.2) is 48.5 Å². The molecule has 4 aromatic rings. The first-order valence-corrected chi connectivity index (χ1v) is 8.84. The van der Waals surface area contributed by atoms with Crippen molar-refractivity contribution in [3.63, 3.8) is 0 Å². The number of nitrogens with zero attached hydrogens (tertiary/aromatic N) is 4. The number of anilines is 2. The molecule has 0 saturated carbocycles. The molecule has 0 saturated heterocycles. The summed E-state index contributed by atoms with van der Waals surface area (Å²) in [6.07, 6.45) is 0. The number of hydrogen-bond acceptors (Lipinski definition) is 5. The lowest BCUT2D eigenvalue weighted by Crippen LogP contribution is -2.04. The summed E-state index contributed by atoms with van der Waals surface area (Å²) in [5.74, 6) is 2.54. The minimum absolute atomic E-state index is 0.529. The minimum Gasteiger partial charge on any atom is -0.495 e. The molecule has 6 nitrogen and oxygen atoms in total. The van der Waals surface area contributed by atoms with Gasteiger partial charge in [0.15, 0.2) is 5.82 Å². The van der Waals surface area contributed by atoms with E-state index in [0.29, 0.717) is 22.4 Å². The van der Waals surface area contributed by atoms with Crippen LogP contribution < -0.4 is 10.1 Å². The Morgan fingerprint density at radius 1 is 1.04 bits per heavy atom. The van der Waals surface area contributed by atoms with Crippen molar-refractivity contribution in [2.45, 2.75) is 13.8 Å². The molecule has 0 spiro atoms. The second kappa shape index (κ2) is 6.89. The van der Waals surface area contributed by atoms with Crippen molar-refractivity contribution >= 4 is 28.9 Å². The number of halogens is 1. The molecule has 0 radical (unpaired) electrons. The number of nitrogens with one attached hydrogen (secondary N) is 1. The number of aryl methyl sites for hydroxylation is 2. The van der Waals surface area contributed by atoms with Crippen LogP contribution in [0.2, 0.25) is 5.02 Å². The lowest BCUT2D eigenvalue weighted by Gasteiger charge is -2.14. The van der Waals surface area contributed by atoms with Gasteiger partial charge < -0.3 is 10.1 Å². The third kappa shape index (κ3) is 3.31. The standard InChI is InChI=1S/C20H18ClN5O/c1-12-9-16(17(27-3)11-15(12)21)23-18-10-13(2)22-20-24-19(25-26(18)20)14-7-5-4-6-8-14/h4-11,23H,1-3H3. The van der Waals surface area contributed by atoms with Crippen LogP contribution in [0.5, 0.6) is 5.75 Å². The fourth-order valence-electron chi connectivity index (χ4n) is 2.85. The molecule has 0 aliphatic heterocycles. The summed E-state index contributed by atoms with van der Waals surface area (Å²) in [4.78, 5) is 9.06. The topological polar surface area (TPSA) is 64.3 Å². The zero-order valence-electron chi connectivity index (χ0n) is 15.2. The Bertz CT molecular complexity index is 1120. The third-order valence-electron chi connectivity index (χ3n) is 4.22. The summed E-state index contributed by atoms with van der Waals surface area (Å²) < 4.78 is 7.16. The highest BCUT2D eigenvalue weighted by molar-refractivity contribution is 6.31. The molecule has 2 aromatic heterocycles. The van der Waals surface area contributed by atoms with Gasteiger partial charge in [0, 0.05) is 28.4 Å². The van der Waals surface area contributed by atoms with E-state index in [1.165, 1.54) is 0 Å². The quantitative estimate of drug-likeness (QED) is 0.551. The van der Waals surface area contributed by atoms with Crippen LogP contribution in [0.1, 0.15) is 11.3 Å². The lowest BCUT2D eigenvalue weighted by molar-refractivity contribution is 0.416. The largest absolute Gasteiger partial charge is 0.495 e. The molecule has 1 N–H and O–H groups in total. The zero-order valence-corrected chi connectivity index (χ0v) is 15.9. The van der Waals surface area contributed by atoms with E-state index in [0.717, 1.165) is 28.3 Å². The molecular weight excluding hydrogens is 362 g/mol. The Morgan fingerprint density at radius 3 is 2.56 bits per heavy atom. The molecule has 0 fully saturated rings. The summed E-state index contributed by atoms with van der Waals surface area (Å²) in [6, 6.07) is 15.5. The monoisotopic (exact) mass is 379 g/mol. The molecule has 27 heavy (non-hydrogen) atoms. The number of methoxy groups -OCH3 is 1. The van der Waals surface area contributed by atoms with E-state index in [-0.39, 0.29) is 0 Å². The van der Waals surface area contributed by atoms with Gasteiger partial charge in [-0.2, -0.15) is 9.50 Å². The van der Waals surface area contributed by atoms with Gasteiger partial charge in [0.1, 0.15) is 11.6 Å². The van der Waals surface area contributed by atoms with Gasteiger partial charge in [-0.15, -0.1) is 5.10 Å². The SMILES string of the molecule is COc1cc(Cl)c(C)cc1Nc1cc(C)nc2nc(-c3ccccc3)nn12. The smallest absolute Gasteiger partial charge is 0.254 e. The van der Waals surface area contributed by atoms with E-state index in [1.54, 1.807) is 17.7 Å². The average Bonchev–Trinajstić information content (AvgIpc) is 3.09. The maximum absolute atomic E-state index is 6.21. The van der Waals surface area contributed by atoms with Crippen LogP contribution in [0, 0.1) is 13.8 Å². The molecule has 0 atom stereocenters. The molecule has 0 bridgehead atoms. The molecule has 136 valence electrons. The van der Waals surface area contributed by atoms with Crippen LogP contribution in [-0.2, 0) is 0 Å². The predicted octanol–water partition coefficient (Wildman–Crippen LogP) is 4.81. The van der Waals surface area contributed by atoms with Gasteiger partial charge in [-0.25, -0.2) is 4.98 Å². The van der Waals surface area contributed by atoms with Gasteiger partial charge in [0.2, 0.25) is 0 Å². The molecule has 7 heteroatoms. The first-order valence-electron chi connectivity index (χ1n) is 8.46. The third-order valence-corrected chi connectivity index (χ3v) is 4.62. The Balaban J connectivity index is 1.83.